The van der Waals surface area contributed by atoms with E-state index in [4.69, 9.17) is 0 Å². The Bertz CT molecular complexity index is 537. The largest absolute Gasteiger partial charge is 0.345 e. The third kappa shape index (κ3) is 2.12. The van der Waals surface area contributed by atoms with E-state index in [9.17, 15) is 0 Å². The van der Waals surface area contributed by atoms with Gasteiger partial charge in [0.15, 0.2) is 0 Å². The highest BCUT2D eigenvalue weighted by Gasteiger charge is 2.16. The summed E-state index contributed by atoms with van der Waals surface area (Å²) in [6.07, 6.45) is 1.66. The topological polar surface area (TPSA) is 45.6 Å². The van der Waals surface area contributed by atoms with Gasteiger partial charge in [0.25, 0.3) is 0 Å². The van der Waals surface area contributed by atoms with Gasteiger partial charge in [-0.3, -0.25) is 0 Å². The average molecular weight is 294 g/mol. The van der Waals surface area contributed by atoms with Crippen LogP contribution in [0.1, 0.15) is 0 Å². The number of anilines is 1. The number of halogens is 1. The zero-order valence-electron chi connectivity index (χ0n) is 9.43. The molecule has 0 spiro atoms. The number of fused-ring (bicyclic) bond motifs is 1. The first-order valence-corrected chi connectivity index (χ1v) is 6.61. The molecule has 0 aliphatic carbocycles. The first-order valence-electron chi connectivity index (χ1n) is 5.81. The molecule has 0 radical (unpaired) electrons. The average Bonchev–Trinajstić information content (AvgIpc) is 2.39. The first kappa shape index (κ1) is 10.9. The van der Waals surface area contributed by atoms with Gasteiger partial charge in [-0.15, -0.1) is 0 Å². The van der Waals surface area contributed by atoms with E-state index in [0.717, 1.165) is 47.4 Å². The van der Waals surface area contributed by atoms with Crippen LogP contribution in [0.2, 0.25) is 0 Å². The van der Waals surface area contributed by atoms with Crippen LogP contribution in [0.5, 0.6) is 0 Å². The number of rotatable bonds is 1. The molecular weight excluding hydrogens is 280 g/mol. The Labute approximate surface area is 108 Å². The second-order valence-corrected chi connectivity index (χ2v) is 5.13. The molecule has 1 aliphatic heterocycles. The second-order valence-electron chi connectivity index (χ2n) is 4.21. The van der Waals surface area contributed by atoms with Crippen LogP contribution in [0, 0.1) is 0 Å². The van der Waals surface area contributed by atoms with Crippen molar-refractivity contribution in [3.8, 4) is 0 Å². The summed E-state index contributed by atoms with van der Waals surface area (Å²) < 4.78 is 1.07. The van der Waals surface area contributed by atoms with Crippen LogP contribution in [0.4, 0.5) is 5.82 Å². The quantitative estimate of drug-likeness (QED) is 0.845. The van der Waals surface area contributed by atoms with E-state index in [-0.39, 0.29) is 0 Å². The van der Waals surface area contributed by atoms with Crippen molar-refractivity contribution in [3.63, 3.8) is 0 Å². The number of piperazine rings is 1. The highest BCUT2D eigenvalue weighted by Crippen LogP contribution is 2.25. The lowest BCUT2D eigenvalue weighted by molar-refractivity contribution is -0.655. The van der Waals surface area contributed by atoms with E-state index in [1.807, 2.05) is 12.1 Å². The van der Waals surface area contributed by atoms with Gasteiger partial charge in [0, 0.05) is 9.86 Å². The Hall–Kier alpha value is -1.20. The van der Waals surface area contributed by atoms with E-state index in [1.165, 1.54) is 0 Å². The van der Waals surface area contributed by atoms with Gasteiger partial charge in [-0.2, -0.15) is 0 Å². The SMILES string of the molecule is Brc1ccc2ncnc(N3CC[NH2+]CC3)c2c1. The normalized spacial score (nSPS) is 16.4. The summed E-state index contributed by atoms with van der Waals surface area (Å²) >= 11 is 3.51. The van der Waals surface area contributed by atoms with E-state index >= 15 is 0 Å². The summed E-state index contributed by atoms with van der Waals surface area (Å²) in [4.78, 5) is 11.1. The molecule has 0 amide bonds. The Morgan fingerprint density at radius 2 is 2.00 bits per heavy atom. The predicted octanol–water partition coefficient (Wildman–Crippen LogP) is 0.776. The number of aromatic nitrogens is 2. The third-order valence-corrected chi connectivity index (χ3v) is 3.58. The smallest absolute Gasteiger partial charge is 0.140 e. The Kier molecular flexibility index (Phi) is 2.94. The Morgan fingerprint density at radius 3 is 2.82 bits per heavy atom. The molecule has 17 heavy (non-hydrogen) atoms. The Morgan fingerprint density at radius 1 is 1.18 bits per heavy atom. The van der Waals surface area contributed by atoms with E-state index in [0.29, 0.717) is 0 Å². The van der Waals surface area contributed by atoms with Crippen LogP contribution < -0.4 is 10.2 Å². The molecule has 0 bridgehead atoms. The molecule has 0 saturated carbocycles. The second kappa shape index (κ2) is 4.58. The third-order valence-electron chi connectivity index (χ3n) is 3.08. The molecule has 2 heterocycles. The summed E-state index contributed by atoms with van der Waals surface area (Å²) in [5, 5.41) is 3.47. The van der Waals surface area contributed by atoms with Gasteiger partial charge in [0.1, 0.15) is 12.1 Å². The van der Waals surface area contributed by atoms with Gasteiger partial charge in [0.05, 0.1) is 31.7 Å². The first-order chi connectivity index (χ1) is 8.34. The van der Waals surface area contributed by atoms with Crippen molar-refractivity contribution in [1.29, 1.82) is 0 Å². The van der Waals surface area contributed by atoms with Crippen molar-refractivity contribution in [2.45, 2.75) is 0 Å². The molecular formula is C12H14BrN4+. The molecule has 1 aromatic heterocycles. The van der Waals surface area contributed by atoms with Gasteiger partial charge in [-0.05, 0) is 18.2 Å². The lowest BCUT2D eigenvalue weighted by atomic mass is 10.2. The highest BCUT2D eigenvalue weighted by molar-refractivity contribution is 9.10. The Balaban J connectivity index is 2.11. The molecule has 1 saturated heterocycles. The number of nitrogens with zero attached hydrogens (tertiary/aromatic N) is 3. The van der Waals surface area contributed by atoms with Crippen molar-refractivity contribution in [2.75, 3.05) is 31.1 Å². The van der Waals surface area contributed by atoms with Crippen molar-refractivity contribution in [2.24, 2.45) is 0 Å². The molecule has 2 N–H and O–H groups in total. The lowest BCUT2D eigenvalue weighted by Crippen LogP contribution is -2.89. The minimum atomic E-state index is 1.01. The van der Waals surface area contributed by atoms with Crippen LogP contribution in [0.25, 0.3) is 10.9 Å². The fourth-order valence-electron chi connectivity index (χ4n) is 2.23. The molecule has 2 aromatic rings. The zero-order valence-corrected chi connectivity index (χ0v) is 11.0. The molecule has 3 rings (SSSR count). The molecule has 5 heteroatoms. The summed E-state index contributed by atoms with van der Waals surface area (Å²) in [7, 11) is 0. The molecule has 88 valence electrons. The lowest BCUT2D eigenvalue weighted by Gasteiger charge is -2.26. The maximum Gasteiger partial charge on any atom is 0.140 e. The van der Waals surface area contributed by atoms with Gasteiger partial charge >= 0.3 is 0 Å². The van der Waals surface area contributed by atoms with Crippen LogP contribution in [-0.2, 0) is 0 Å². The minimum Gasteiger partial charge on any atom is -0.345 e. The number of quaternary nitrogens is 1. The van der Waals surface area contributed by atoms with Gasteiger partial charge in [-0.25, -0.2) is 9.97 Å². The van der Waals surface area contributed by atoms with Crippen molar-refractivity contribution >= 4 is 32.7 Å². The van der Waals surface area contributed by atoms with E-state index in [2.05, 4.69) is 42.2 Å². The van der Waals surface area contributed by atoms with Crippen LogP contribution in [-0.4, -0.2) is 36.1 Å². The molecule has 0 atom stereocenters. The summed E-state index contributed by atoms with van der Waals surface area (Å²) in [6.45, 7) is 4.39. The highest BCUT2D eigenvalue weighted by atomic mass is 79.9. The van der Waals surface area contributed by atoms with Crippen LogP contribution in [0.15, 0.2) is 29.0 Å². The molecule has 4 nitrogen and oxygen atoms in total. The molecule has 1 fully saturated rings. The van der Waals surface area contributed by atoms with Gasteiger partial charge in [0.2, 0.25) is 0 Å². The van der Waals surface area contributed by atoms with Gasteiger partial charge < -0.3 is 10.2 Å². The van der Waals surface area contributed by atoms with Crippen molar-refractivity contribution in [3.05, 3.63) is 29.0 Å². The van der Waals surface area contributed by atoms with Gasteiger partial charge in [-0.1, -0.05) is 15.9 Å². The summed E-state index contributed by atoms with van der Waals surface area (Å²) in [5.41, 5.74) is 1.01. The standard InChI is InChI=1S/C12H13BrN4/c13-9-1-2-11-10(7-9)12(16-8-15-11)17-5-3-14-4-6-17/h1-2,7-8,14H,3-6H2/p+1. The monoisotopic (exact) mass is 293 g/mol. The van der Waals surface area contributed by atoms with Crippen molar-refractivity contribution in [1.82, 2.24) is 9.97 Å². The van der Waals surface area contributed by atoms with E-state index < -0.39 is 0 Å². The van der Waals surface area contributed by atoms with Crippen LogP contribution >= 0.6 is 15.9 Å². The number of hydrogen-bond donors (Lipinski definition) is 1. The fraction of sp³-hybridized carbons (Fsp3) is 0.333. The van der Waals surface area contributed by atoms with Crippen LogP contribution in [0.3, 0.4) is 0 Å². The fourth-order valence-corrected chi connectivity index (χ4v) is 2.59. The maximum absolute atomic E-state index is 4.45. The number of benzene rings is 1. The zero-order chi connectivity index (χ0) is 11.7. The number of nitrogens with two attached hydrogens (primary N) is 1. The summed E-state index contributed by atoms with van der Waals surface area (Å²) in [5.74, 6) is 1.06. The minimum absolute atomic E-state index is 1.01. The molecule has 0 unspecified atom stereocenters. The van der Waals surface area contributed by atoms with Crippen molar-refractivity contribution < 1.29 is 5.32 Å². The summed E-state index contributed by atoms with van der Waals surface area (Å²) in [6, 6.07) is 6.15. The molecule has 1 aliphatic rings. The predicted molar refractivity (Wildman–Crippen MR) is 71.1 cm³/mol. The molecule has 1 aromatic carbocycles. The maximum atomic E-state index is 4.45. The number of hydrogen-bond acceptors (Lipinski definition) is 3. The van der Waals surface area contributed by atoms with E-state index in [1.54, 1.807) is 6.33 Å².